The zero-order valence-corrected chi connectivity index (χ0v) is 13.7. The fourth-order valence-electron chi connectivity index (χ4n) is 2.90. The van der Waals surface area contributed by atoms with Crippen molar-refractivity contribution in [2.45, 2.75) is 47.1 Å². The van der Waals surface area contributed by atoms with E-state index in [2.05, 4.69) is 68.0 Å². The third-order valence-electron chi connectivity index (χ3n) is 4.30. The minimum absolute atomic E-state index is 0.500. The average Bonchev–Trinajstić information content (AvgIpc) is 2.90. The molecule has 1 aliphatic carbocycles. The quantitative estimate of drug-likeness (QED) is 0.845. The second kappa shape index (κ2) is 4.97. The van der Waals surface area contributed by atoms with Gasteiger partial charge in [0.1, 0.15) is 0 Å². The van der Waals surface area contributed by atoms with Gasteiger partial charge in [-0.3, -0.25) is 0 Å². The van der Waals surface area contributed by atoms with Crippen molar-refractivity contribution in [3.8, 4) is 0 Å². The van der Waals surface area contributed by atoms with E-state index in [4.69, 9.17) is 0 Å². The molecule has 1 saturated carbocycles. The van der Waals surface area contributed by atoms with E-state index >= 15 is 0 Å². The summed E-state index contributed by atoms with van der Waals surface area (Å²) >= 11 is 3.62. The van der Waals surface area contributed by atoms with Crippen LogP contribution in [0.2, 0.25) is 0 Å². The van der Waals surface area contributed by atoms with E-state index < -0.39 is 0 Å². The zero-order chi connectivity index (χ0) is 13.5. The van der Waals surface area contributed by atoms with Gasteiger partial charge in [-0.1, -0.05) is 42.8 Å². The number of hydrogen-bond donors (Lipinski definition) is 1. The maximum Gasteiger partial charge on any atom is 0.0356 e. The Hall–Kier alpha value is -0.340. The zero-order valence-electron chi connectivity index (χ0n) is 12.1. The van der Waals surface area contributed by atoms with Crippen molar-refractivity contribution in [1.82, 2.24) is 5.32 Å². The molecule has 1 fully saturated rings. The second-order valence-electron chi connectivity index (χ2n) is 6.29. The highest BCUT2D eigenvalue weighted by atomic mass is 79.9. The molecule has 0 heterocycles. The van der Waals surface area contributed by atoms with Crippen LogP contribution in [0.4, 0.5) is 0 Å². The number of aryl methyl sites for hydroxylation is 2. The molecular formula is C16H24BrN. The van der Waals surface area contributed by atoms with Gasteiger partial charge in [0, 0.05) is 10.5 Å². The van der Waals surface area contributed by atoms with E-state index in [1.807, 2.05) is 0 Å². The number of halogens is 1. The number of benzene rings is 1. The Bertz CT molecular complexity index is 451. The van der Waals surface area contributed by atoms with Crippen molar-refractivity contribution in [1.29, 1.82) is 0 Å². The van der Waals surface area contributed by atoms with E-state index in [1.165, 1.54) is 27.6 Å². The molecule has 1 N–H and O–H groups in total. The highest BCUT2D eigenvalue weighted by molar-refractivity contribution is 9.10. The summed E-state index contributed by atoms with van der Waals surface area (Å²) in [6.07, 6.45) is 1.33. The molecule has 1 aliphatic rings. The Labute approximate surface area is 119 Å². The van der Waals surface area contributed by atoms with Crippen molar-refractivity contribution in [2.24, 2.45) is 11.3 Å². The number of rotatable bonds is 4. The Morgan fingerprint density at radius 3 is 2.44 bits per heavy atom. The first kappa shape index (κ1) is 14.1. The minimum atomic E-state index is 0.500. The third kappa shape index (κ3) is 2.65. The highest BCUT2D eigenvalue weighted by Gasteiger charge is 2.50. The molecule has 0 aliphatic heterocycles. The molecule has 100 valence electrons. The van der Waals surface area contributed by atoms with Crippen LogP contribution in [0.25, 0.3) is 0 Å². The van der Waals surface area contributed by atoms with E-state index in [0.29, 0.717) is 11.5 Å². The van der Waals surface area contributed by atoms with E-state index in [9.17, 15) is 0 Å². The largest absolute Gasteiger partial charge is 0.310 e. The standard InChI is InChI=1S/C16H24BrN/c1-6-18-15(13-9-16(13,4)5)12-7-11(3)14(17)8-10(12)2/h7-8,13,15,18H,6,9H2,1-5H3. The summed E-state index contributed by atoms with van der Waals surface area (Å²) in [6, 6.07) is 5.11. The average molecular weight is 310 g/mol. The van der Waals surface area contributed by atoms with Gasteiger partial charge in [0.15, 0.2) is 0 Å². The number of hydrogen-bond acceptors (Lipinski definition) is 1. The fourth-order valence-corrected chi connectivity index (χ4v) is 3.36. The normalized spacial score (nSPS) is 22.9. The van der Waals surface area contributed by atoms with Gasteiger partial charge < -0.3 is 5.32 Å². The molecule has 2 unspecified atom stereocenters. The molecule has 0 radical (unpaired) electrons. The smallest absolute Gasteiger partial charge is 0.0356 e. The van der Waals surface area contributed by atoms with E-state index in [1.54, 1.807) is 0 Å². The van der Waals surface area contributed by atoms with Gasteiger partial charge in [-0.15, -0.1) is 0 Å². The highest BCUT2D eigenvalue weighted by Crippen LogP contribution is 2.58. The van der Waals surface area contributed by atoms with Crippen LogP contribution in [0.15, 0.2) is 16.6 Å². The van der Waals surface area contributed by atoms with Crippen molar-refractivity contribution in [3.63, 3.8) is 0 Å². The molecule has 0 bridgehead atoms. The Balaban J connectivity index is 2.34. The summed E-state index contributed by atoms with van der Waals surface area (Å²) in [7, 11) is 0. The van der Waals surface area contributed by atoms with Gasteiger partial charge >= 0.3 is 0 Å². The van der Waals surface area contributed by atoms with Crippen LogP contribution in [-0.2, 0) is 0 Å². The molecule has 2 rings (SSSR count). The summed E-state index contributed by atoms with van der Waals surface area (Å²) < 4.78 is 1.22. The fraction of sp³-hybridized carbons (Fsp3) is 0.625. The lowest BCUT2D eigenvalue weighted by Gasteiger charge is -2.23. The van der Waals surface area contributed by atoms with Crippen LogP contribution in [-0.4, -0.2) is 6.54 Å². The van der Waals surface area contributed by atoms with Gasteiger partial charge in [-0.25, -0.2) is 0 Å². The van der Waals surface area contributed by atoms with Crippen molar-refractivity contribution < 1.29 is 0 Å². The van der Waals surface area contributed by atoms with Crippen molar-refractivity contribution in [3.05, 3.63) is 33.3 Å². The summed E-state index contributed by atoms with van der Waals surface area (Å²) in [5, 5.41) is 3.69. The SMILES string of the molecule is CCNC(c1cc(C)c(Br)cc1C)C1CC1(C)C. The lowest BCUT2D eigenvalue weighted by Crippen LogP contribution is -2.25. The van der Waals surface area contributed by atoms with E-state index in [-0.39, 0.29) is 0 Å². The van der Waals surface area contributed by atoms with Gasteiger partial charge in [-0.05, 0) is 60.9 Å². The second-order valence-corrected chi connectivity index (χ2v) is 7.15. The summed E-state index contributed by atoms with van der Waals surface area (Å²) in [6.45, 7) is 12.4. The topological polar surface area (TPSA) is 12.0 Å². The van der Waals surface area contributed by atoms with Crippen LogP contribution < -0.4 is 5.32 Å². The van der Waals surface area contributed by atoms with Crippen LogP contribution in [0, 0.1) is 25.2 Å². The Morgan fingerprint density at radius 2 is 1.94 bits per heavy atom. The molecular weight excluding hydrogens is 286 g/mol. The summed E-state index contributed by atoms with van der Waals surface area (Å²) in [5.74, 6) is 0.775. The van der Waals surface area contributed by atoms with Crippen LogP contribution in [0.5, 0.6) is 0 Å². The molecule has 2 atom stereocenters. The predicted octanol–water partition coefficient (Wildman–Crippen LogP) is 4.76. The summed E-state index contributed by atoms with van der Waals surface area (Å²) in [4.78, 5) is 0. The molecule has 0 aromatic heterocycles. The van der Waals surface area contributed by atoms with Gasteiger partial charge in [0.2, 0.25) is 0 Å². The van der Waals surface area contributed by atoms with Gasteiger partial charge in [-0.2, -0.15) is 0 Å². The van der Waals surface area contributed by atoms with Crippen LogP contribution in [0.3, 0.4) is 0 Å². The molecule has 1 aromatic carbocycles. The first-order chi connectivity index (χ1) is 8.36. The van der Waals surface area contributed by atoms with E-state index in [0.717, 1.165) is 12.5 Å². The lowest BCUT2D eigenvalue weighted by atomic mass is 9.92. The molecule has 0 saturated heterocycles. The minimum Gasteiger partial charge on any atom is -0.310 e. The number of nitrogens with one attached hydrogen (secondary N) is 1. The van der Waals surface area contributed by atoms with Crippen molar-refractivity contribution in [2.75, 3.05) is 6.54 Å². The third-order valence-corrected chi connectivity index (χ3v) is 5.15. The van der Waals surface area contributed by atoms with Crippen molar-refractivity contribution >= 4 is 15.9 Å². The maximum absolute atomic E-state index is 3.69. The van der Waals surface area contributed by atoms with Gasteiger partial charge in [0.25, 0.3) is 0 Å². The maximum atomic E-state index is 3.69. The molecule has 18 heavy (non-hydrogen) atoms. The molecule has 1 aromatic rings. The van der Waals surface area contributed by atoms with Crippen LogP contribution in [0.1, 0.15) is 49.9 Å². The summed E-state index contributed by atoms with van der Waals surface area (Å²) in [5.41, 5.74) is 4.70. The Kier molecular flexibility index (Phi) is 3.89. The molecule has 0 amide bonds. The van der Waals surface area contributed by atoms with Crippen LogP contribution >= 0.6 is 15.9 Å². The molecule has 0 spiro atoms. The Morgan fingerprint density at radius 1 is 1.33 bits per heavy atom. The lowest BCUT2D eigenvalue weighted by molar-refractivity contribution is 0.422. The first-order valence-corrected chi connectivity index (χ1v) is 7.66. The molecule has 2 heteroatoms. The predicted molar refractivity (Wildman–Crippen MR) is 81.9 cm³/mol. The first-order valence-electron chi connectivity index (χ1n) is 6.87. The van der Waals surface area contributed by atoms with Gasteiger partial charge in [0.05, 0.1) is 0 Å². The molecule has 1 nitrogen and oxygen atoms in total. The monoisotopic (exact) mass is 309 g/mol.